The van der Waals surface area contributed by atoms with Gasteiger partial charge in [0.25, 0.3) is 10.0 Å². The second kappa shape index (κ2) is 6.49. The van der Waals surface area contributed by atoms with E-state index < -0.39 is 49.9 Å². The van der Waals surface area contributed by atoms with Gasteiger partial charge in [0.2, 0.25) is 0 Å². The molecule has 0 unspecified atom stereocenters. The predicted octanol–water partition coefficient (Wildman–Crippen LogP) is 3.79. The van der Waals surface area contributed by atoms with Gasteiger partial charge in [-0.1, -0.05) is 12.1 Å². The van der Waals surface area contributed by atoms with E-state index in [0.717, 1.165) is 12.1 Å². The minimum Gasteiger partial charge on any atom is -0.277 e. The van der Waals surface area contributed by atoms with Gasteiger partial charge in [-0.05, 0) is 24.3 Å². The molecule has 0 bridgehead atoms. The summed E-state index contributed by atoms with van der Waals surface area (Å²) in [5.41, 5.74) is -4.54. The lowest BCUT2D eigenvalue weighted by Gasteiger charge is -2.15. The van der Waals surface area contributed by atoms with Crippen LogP contribution in [0.3, 0.4) is 0 Å². The second-order valence-electron chi connectivity index (χ2n) is 4.80. The topological polar surface area (TPSA) is 82.8 Å². The molecule has 1 N–H and O–H groups in total. The van der Waals surface area contributed by atoms with Gasteiger partial charge in [0.1, 0.15) is 11.8 Å². The smallest absolute Gasteiger partial charge is 0.277 e. The van der Waals surface area contributed by atoms with Crippen LogP contribution in [0.2, 0.25) is 0 Å². The van der Waals surface area contributed by atoms with E-state index in [9.17, 15) is 34.8 Å². The molecule has 1 heterocycles. The minimum atomic E-state index is -4.98. The van der Waals surface area contributed by atoms with Crippen molar-refractivity contribution in [2.45, 2.75) is 17.2 Å². The first-order valence-electron chi connectivity index (χ1n) is 6.53. The minimum absolute atomic E-state index is 0.397. The molecule has 5 nitrogen and oxygen atoms in total. The van der Waals surface area contributed by atoms with Crippen LogP contribution in [0.15, 0.2) is 41.3 Å². The Morgan fingerprint density at radius 3 is 2.12 bits per heavy atom. The van der Waals surface area contributed by atoms with Crippen LogP contribution in [0.5, 0.6) is 0 Å². The van der Waals surface area contributed by atoms with E-state index in [1.165, 1.54) is 6.07 Å². The molecule has 138 valence electrons. The molecule has 0 spiro atoms. The van der Waals surface area contributed by atoms with Gasteiger partial charge in [-0.3, -0.25) is 4.72 Å². The molecule has 0 aliphatic carbocycles. The van der Waals surface area contributed by atoms with Crippen molar-refractivity contribution in [1.82, 2.24) is 4.98 Å². The van der Waals surface area contributed by atoms with E-state index >= 15 is 0 Å². The van der Waals surface area contributed by atoms with Gasteiger partial charge in [-0.15, -0.1) is 0 Å². The molecule has 2 rings (SSSR count). The maximum atomic E-state index is 13.0. The number of anilines is 1. The summed E-state index contributed by atoms with van der Waals surface area (Å²) in [5, 5.41) is 8.87. The molecule has 0 atom stereocenters. The highest BCUT2D eigenvalue weighted by Gasteiger charge is 2.37. The first-order valence-corrected chi connectivity index (χ1v) is 8.02. The Morgan fingerprint density at radius 2 is 1.58 bits per heavy atom. The molecule has 1 aromatic heterocycles. The van der Waals surface area contributed by atoms with Crippen LogP contribution in [0, 0.1) is 11.3 Å². The Balaban J connectivity index is 2.51. The Bertz CT molecular complexity index is 977. The van der Waals surface area contributed by atoms with Crippen LogP contribution >= 0.6 is 0 Å². The lowest BCUT2D eigenvalue weighted by molar-refractivity contribution is -0.141. The molecular weight excluding hydrogens is 388 g/mol. The summed E-state index contributed by atoms with van der Waals surface area (Å²) in [6, 6.07) is 5.49. The fraction of sp³-hybridized carbons (Fsp3) is 0.143. The van der Waals surface area contributed by atoms with Crippen molar-refractivity contribution in [2.75, 3.05) is 4.72 Å². The average Bonchev–Trinajstić information content (AvgIpc) is 2.53. The molecule has 0 aliphatic rings. The number of aromatic nitrogens is 1. The van der Waals surface area contributed by atoms with Crippen molar-refractivity contribution in [3.63, 3.8) is 0 Å². The van der Waals surface area contributed by atoms with Gasteiger partial charge < -0.3 is 0 Å². The summed E-state index contributed by atoms with van der Waals surface area (Å²) in [4.78, 5) is 1.83. The first-order chi connectivity index (χ1) is 11.9. The van der Waals surface area contributed by atoms with Gasteiger partial charge in [-0.25, -0.2) is 13.4 Å². The van der Waals surface area contributed by atoms with Crippen LogP contribution in [-0.2, 0) is 22.4 Å². The highest BCUT2D eigenvalue weighted by Crippen LogP contribution is 2.35. The lowest BCUT2D eigenvalue weighted by atomic mass is 10.2. The summed E-state index contributed by atoms with van der Waals surface area (Å²) >= 11 is 0. The Kier molecular flexibility index (Phi) is 4.87. The molecule has 0 aliphatic heterocycles. The van der Waals surface area contributed by atoms with Crippen molar-refractivity contribution in [2.24, 2.45) is 0 Å². The number of rotatable bonds is 3. The zero-order valence-electron chi connectivity index (χ0n) is 12.4. The van der Waals surface area contributed by atoms with Crippen LogP contribution in [0.25, 0.3) is 0 Å². The summed E-state index contributed by atoms with van der Waals surface area (Å²) in [6.45, 7) is 0. The van der Waals surface area contributed by atoms with Crippen molar-refractivity contribution < 1.29 is 34.8 Å². The first kappa shape index (κ1) is 19.5. The number of halogens is 6. The SMILES string of the molecule is N#Cc1nc(C(F)(F)F)ccc1NS(=O)(=O)c1ccccc1C(F)(F)F. The Hall–Kier alpha value is -2.81. The Morgan fingerprint density at radius 1 is 0.962 bits per heavy atom. The fourth-order valence-corrected chi connectivity index (χ4v) is 3.21. The van der Waals surface area contributed by atoms with E-state index in [4.69, 9.17) is 5.26 Å². The van der Waals surface area contributed by atoms with E-state index in [-0.39, 0.29) is 0 Å². The quantitative estimate of drug-likeness (QED) is 0.802. The summed E-state index contributed by atoms with van der Waals surface area (Å²) in [7, 11) is -4.85. The number of hydrogen-bond donors (Lipinski definition) is 1. The maximum Gasteiger partial charge on any atom is 0.433 e. The van der Waals surface area contributed by atoms with Crippen LogP contribution < -0.4 is 4.72 Å². The zero-order valence-corrected chi connectivity index (χ0v) is 13.2. The van der Waals surface area contributed by atoms with E-state index in [2.05, 4.69) is 4.98 Å². The van der Waals surface area contributed by atoms with Gasteiger partial charge in [0.15, 0.2) is 5.69 Å². The lowest BCUT2D eigenvalue weighted by Crippen LogP contribution is -2.20. The van der Waals surface area contributed by atoms with Gasteiger partial charge in [-0.2, -0.15) is 31.6 Å². The van der Waals surface area contributed by atoms with Gasteiger partial charge >= 0.3 is 12.4 Å². The van der Waals surface area contributed by atoms with Crippen molar-refractivity contribution >= 4 is 15.7 Å². The predicted molar refractivity (Wildman–Crippen MR) is 76.2 cm³/mol. The largest absolute Gasteiger partial charge is 0.433 e. The maximum absolute atomic E-state index is 13.0. The summed E-state index contributed by atoms with van der Waals surface area (Å²) < 4.78 is 103. The second-order valence-corrected chi connectivity index (χ2v) is 6.45. The number of nitriles is 1. The van der Waals surface area contributed by atoms with E-state index in [0.29, 0.717) is 24.3 Å². The van der Waals surface area contributed by atoms with E-state index in [1.54, 1.807) is 4.72 Å². The number of pyridine rings is 1. The van der Waals surface area contributed by atoms with Crippen molar-refractivity contribution in [3.05, 3.63) is 53.3 Å². The molecule has 0 radical (unpaired) electrons. The van der Waals surface area contributed by atoms with Gasteiger partial charge in [0.05, 0.1) is 16.1 Å². The number of nitrogens with zero attached hydrogens (tertiary/aromatic N) is 2. The van der Waals surface area contributed by atoms with Crippen molar-refractivity contribution in [1.29, 1.82) is 5.26 Å². The number of nitrogens with one attached hydrogen (secondary N) is 1. The third-order valence-corrected chi connectivity index (χ3v) is 4.44. The number of sulfonamides is 1. The average molecular weight is 395 g/mol. The highest BCUT2D eigenvalue weighted by molar-refractivity contribution is 7.92. The molecule has 12 heteroatoms. The summed E-state index contributed by atoms with van der Waals surface area (Å²) in [5.74, 6) is 0. The zero-order chi connectivity index (χ0) is 19.8. The third-order valence-electron chi connectivity index (χ3n) is 3.02. The van der Waals surface area contributed by atoms with E-state index in [1.807, 2.05) is 0 Å². The molecular formula is C14H7F6N3O2S. The normalized spacial score (nSPS) is 12.5. The molecule has 0 amide bonds. The summed E-state index contributed by atoms with van der Waals surface area (Å²) in [6.07, 6.45) is -9.87. The number of alkyl halides is 6. The number of benzene rings is 1. The standard InChI is InChI=1S/C14H7F6N3O2S/c15-13(16,17)8-3-1-2-4-11(8)26(24,25)23-9-5-6-12(14(18,19)20)22-10(9)7-21/h1-6,23H. The molecule has 0 saturated heterocycles. The van der Waals surface area contributed by atoms with Crippen LogP contribution in [0.4, 0.5) is 32.0 Å². The molecule has 0 fully saturated rings. The van der Waals surface area contributed by atoms with Crippen LogP contribution in [-0.4, -0.2) is 13.4 Å². The monoisotopic (exact) mass is 395 g/mol. The molecule has 2 aromatic rings. The highest BCUT2D eigenvalue weighted by atomic mass is 32.2. The molecule has 1 aromatic carbocycles. The fourth-order valence-electron chi connectivity index (χ4n) is 1.92. The van der Waals surface area contributed by atoms with Gasteiger partial charge in [0, 0.05) is 0 Å². The van der Waals surface area contributed by atoms with Crippen LogP contribution in [0.1, 0.15) is 17.0 Å². The Labute approximate surface area is 142 Å². The third kappa shape index (κ3) is 4.05. The molecule has 0 saturated carbocycles. The molecule has 26 heavy (non-hydrogen) atoms. The number of hydrogen-bond acceptors (Lipinski definition) is 4. The van der Waals surface area contributed by atoms with Crippen molar-refractivity contribution in [3.8, 4) is 6.07 Å².